The van der Waals surface area contributed by atoms with E-state index in [4.69, 9.17) is 0 Å². The van der Waals surface area contributed by atoms with E-state index in [2.05, 4.69) is 152 Å². The van der Waals surface area contributed by atoms with Gasteiger partial charge in [-0.1, -0.05) is 132 Å². The molecule has 0 saturated heterocycles. The maximum Gasteiger partial charge on any atom is 0.0543 e. The first kappa shape index (κ1) is 30.8. The second-order valence-corrected chi connectivity index (χ2v) is 12.5. The van der Waals surface area contributed by atoms with E-state index in [1.165, 1.54) is 38.9 Å². The van der Waals surface area contributed by atoms with E-state index >= 15 is 0 Å². The van der Waals surface area contributed by atoms with Gasteiger partial charge in [-0.05, 0) is 101 Å². The topological polar surface area (TPSA) is 3.24 Å². The summed E-state index contributed by atoms with van der Waals surface area (Å²) < 4.78 is 0. The van der Waals surface area contributed by atoms with Gasteiger partial charge in [-0.2, -0.15) is 0 Å². The lowest BCUT2D eigenvalue weighted by Crippen LogP contribution is -2.21. The summed E-state index contributed by atoms with van der Waals surface area (Å²) in [7, 11) is 0. The maximum absolute atomic E-state index is 4.66. The van der Waals surface area contributed by atoms with E-state index in [1.807, 2.05) is 18.2 Å². The van der Waals surface area contributed by atoms with Crippen molar-refractivity contribution in [3.63, 3.8) is 0 Å². The second kappa shape index (κ2) is 12.2. The molecule has 0 heterocycles. The summed E-state index contributed by atoms with van der Waals surface area (Å²) in [5.41, 5.74) is 16.1. The average molecular weight is 576 g/mol. The van der Waals surface area contributed by atoms with Crippen LogP contribution in [0, 0.1) is 6.92 Å². The minimum Gasteiger partial charge on any atom is -0.310 e. The van der Waals surface area contributed by atoms with E-state index in [0.29, 0.717) is 5.92 Å². The van der Waals surface area contributed by atoms with Crippen LogP contribution in [0.15, 0.2) is 123 Å². The number of hydrogen-bond donors (Lipinski definition) is 0. The highest BCUT2D eigenvalue weighted by molar-refractivity contribution is 5.96. The average Bonchev–Trinajstić information content (AvgIpc) is 3.27. The van der Waals surface area contributed by atoms with Crippen molar-refractivity contribution in [3.05, 3.63) is 161 Å². The largest absolute Gasteiger partial charge is 0.310 e. The van der Waals surface area contributed by atoms with Crippen LogP contribution in [-0.2, 0) is 5.41 Å². The van der Waals surface area contributed by atoms with Crippen molar-refractivity contribution in [2.24, 2.45) is 0 Å². The van der Waals surface area contributed by atoms with Crippen LogP contribution in [0.25, 0.3) is 28.9 Å². The van der Waals surface area contributed by atoms with Crippen LogP contribution in [0.5, 0.6) is 0 Å². The molecule has 0 amide bonds. The Kier molecular flexibility index (Phi) is 8.53. The third-order valence-corrected chi connectivity index (χ3v) is 9.54. The van der Waals surface area contributed by atoms with Crippen LogP contribution in [0.2, 0.25) is 0 Å². The predicted molar refractivity (Wildman–Crippen MR) is 195 cm³/mol. The van der Waals surface area contributed by atoms with Gasteiger partial charge in [0.2, 0.25) is 0 Å². The molecule has 0 bridgehead atoms. The van der Waals surface area contributed by atoms with Crippen molar-refractivity contribution in [2.75, 3.05) is 4.90 Å². The molecule has 0 aromatic heterocycles. The van der Waals surface area contributed by atoms with Crippen molar-refractivity contribution < 1.29 is 0 Å². The molecule has 0 spiro atoms. The number of fused-ring (bicyclic) bond motifs is 3. The van der Waals surface area contributed by atoms with Gasteiger partial charge in [0.15, 0.2) is 0 Å². The number of aryl methyl sites for hydroxylation is 1. The molecular weight excluding hydrogens is 530 g/mol. The number of anilines is 2. The van der Waals surface area contributed by atoms with Gasteiger partial charge in [0.25, 0.3) is 0 Å². The Bertz CT molecular complexity index is 1810. The van der Waals surface area contributed by atoms with Gasteiger partial charge in [0.05, 0.1) is 5.69 Å². The van der Waals surface area contributed by atoms with E-state index in [1.54, 1.807) is 0 Å². The summed E-state index contributed by atoms with van der Waals surface area (Å²) in [5.74, 6) is 0.430. The Morgan fingerprint density at radius 2 is 1.52 bits per heavy atom. The Morgan fingerprint density at radius 1 is 0.864 bits per heavy atom. The highest BCUT2D eigenvalue weighted by Gasteiger charge is 2.38. The summed E-state index contributed by atoms with van der Waals surface area (Å²) in [6, 6.07) is 28.4. The lowest BCUT2D eigenvalue weighted by molar-refractivity contribution is 0.659. The lowest BCUT2D eigenvalue weighted by atomic mass is 9.80. The van der Waals surface area contributed by atoms with Gasteiger partial charge < -0.3 is 4.90 Å². The molecule has 5 rings (SSSR count). The second-order valence-electron chi connectivity index (χ2n) is 12.5. The smallest absolute Gasteiger partial charge is 0.0543 e. The molecule has 0 fully saturated rings. The maximum atomic E-state index is 4.66. The van der Waals surface area contributed by atoms with Gasteiger partial charge >= 0.3 is 0 Å². The van der Waals surface area contributed by atoms with Gasteiger partial charge in [-0.25, -0.2) is 0 Å². The van der Waals surface area contributed by atoms with Gasteiger partial charge in [-0.15, -0.1) is 0 Å². The molecule has 0 aliphatic heterocycles. The molecule has 1 nitrogen and oxygen atoms in total. The van der Waals surface area contributed by atoms with Crippen LogP contribution in [-0.4, -0.2) is 0 Å². The molecule has 44 heavy (non-hydrogen) atoms. The third kappa shape index (κ3) is 5.01. The van der Waals surface area contributed by atoms with Gasteiger partial charge in [0, 0.05) is 22.4 Å². The zero-order valence-corrected chi connectivity index (χ0v) is 27.3. The fourth-order valence-electron chi connectivity index (χ4n) is 6.81. The number of hydrogen-bond acceptors (Lipinski definition) is 1. The molecule has 1 atom stereocenters. The zero-order chi connectivity index (χ0) is 31.8. The van der Waals surface area contributed by atoms with Crippen LogP contribution in [0.1, 0.15) is 85.9 Å². The highest BCUT2D eigenvalue weighted by atomic mass is 15.2. The first-order valence-corrected chi connectivity index (χ1v) is 15.6. The van der Waals surface area contributed by atoms with Crippen molar-refractivity contribution in [1.82, 2.24) is 0 Å². The van der Waals surface area contributed by atoms with Crippen molar-refractivity contribution in [3.8, 4) is 11.1 Å². The quantitative estimate of drug-likeness (QED) is 0.170. The standard InChI is InChI=1S/C43H45N/c1-11-29(6)35-22-18-19-23-36(35)30(7)31(8)40(14-4)44(32-20-16-15-17-21-32)41-27-39-42(34(13-3)33(41)12-2)37-25-24-28(5)26-38(37)43(39,9)10/h12-27,29H,2-4,7,11H2,1,5-6,8-10H3/b40-31+. The molecule has 222 valence electrons. The Labute approximate surface area is 265 Å². The molecule has 1 aliphatic rings. The predicted octanol–water partition coefficient (Wildman–Crippen LogP) is 12.4. The molecule has 4 aromatic rings. The minimum absolute atomic E-state index is 0.183. The monoisotopic (exact) mass is 575 g/mol. The number of nitrogens with zero attached hydrogens (tertiary/aromatic N) is 1. The van der Waals surface area contributed by atoms with Crippen molar-refractivity contribution >= 4 is 29.1 Å². The first-order chi connectivity index (χ1) is 21.1. The fourth-order valence-corrected chi connectivity index (χ4v) is 6.81. The van der Waals surface area contributed by atoms with E-state index in [-0.39, 0.29) is 5.41 Å². The molecular formula is C43H45N. The SMILES string of the molecule is C=C/C(=C(/C)C(=C)c1ccccc1C(C)CC)N(c1ccccc1)c1cc2c(c(C=C)c1C=C)-c1ccc(C)cc1C2(C)C. The fraction of sp³-hybridized carbons (Fsp3) is 0.209. The van der Waals surface area contributed by atoms with Crippen LogP contribution >= 0.6 is 0 Å². The Balaban J connectivity index is 1.82. The van der Waals surface area contributed by atoms with Gasteiger partial charge in [-0.3, -0.25) is 0 Å². The van der Waals surface area contributed by atoms with E-state index in [9.17, 15) is 0 Å². The highest BCUT2D eigenvalue weighted by Crippen LogP contribution is 2.54. The molecule has 0 radical (unpaired) electrons. The summed E-state index contributed by atoms with van der Waals surface area (Å²) in [6.45, 7) is 31.2. The summed E-state index contributed by atoms with van der Waals surface area (Å²) in [4.78, 5) is 2.33. The van der Waals surface area contributed by atoms with Crippen LogP contribution < -0.4 is 4.90 Å². The third-order valence-electron chi connectivity index (χ3n) is 9.54. The first-order valence-electron chi connectivity index (χ1n) is 15.6. The normalized spacial score (nSPS) is 14.1. The number of rotatable bonds is 10. The molecule has 0 N–H and O–H groups in total. The molecule has 1 unspecified atom stereocenters. The van der Waals surface area contributed by atoms with Crippen LogP contribution in [0.4, 0.5) is 11.4 Å². The number of para-hydroxylation sites is 1. The Morgan fingerprint density at radius 3 is 2.16 bits per heavy atom. The van der Waals surface area contributed by atoms with Crippen LogP contribution in [0.3, 0.4) is 0 Å². The number of benzene rings is 4. The Hall–Kier alpha value is -4.62. The molecule has 0 saturated carbocycles. The van der Waals surface area contributed by atoms with Gasteiger partial charge in [0.1, 0.15) is 0 Å². The molecule has 1 heteroatoms. The summed E-state index contributed by atoms with van der Waals surface area (Å²) in [6.07, 6.45) is 7.01. The molecule has 1 aliphatic carbocycles. The van der Waals surface area contributed by atoms with Crippen molar-refractivity contribution in [1.29, 1.82) is 0 Å². The minimum atomic E-state index is -0.183. The molecule has 4 aromatic carbocycles. The zero-order valence-electron chi connectivity index (χ0n) is 27.3. The summed E-state index contributed by atoms with van der Waals surface area (Å²) in [5, 5.41) is 0. The number of allylic oxidation sites excluding steroid dienone is 3. The van der Waals surface area contributed by atoms with E-state index < -0.39 is 0 Å². The van der Waals surface area contributed by atoms with E-state index in [0.717, 1.165) is 45.8 Å². The lowest BCUT2D eigenvalue weighted by Gasteiger charge is -2.33. The van der Waals surface area contributed by atoms with Crippen molar-refractivity contribution in [2.45, 2.75) is 59.3 Å². The summed E-state index contributed by atoms with van der Waals surface area (Å²) >= 11 is 0.